The van der Waals surface area contributed by atoms with Crippen LogP contribution >= 0.6 is 31.9 Å². The fourth-order valence-corrected chi connectivity index (χ4v) is 6.76. The molecule has 0 unspecified atom stereocenters. The second kappa shape index (κ2) is 6.38. The van der Waals surface area contributed by atoms with Crippen molar-refractivity contribution < 1.29 is 19.4 Å². The van der Waals surface area contributed by atoms with Gasteiger partial charge in [0.2, 0.25) is 0 Å². The number of phenolic OH excluding ortho intramolecular Hbond substituents is 1. The van der Waals surface area contributed by atoms with Crippen molar-refractivity contribution in [2.45, 2.75) is 38.5 Å². The van der Waals surface area contributed by atoms with Crippen LogP contribution in [0.3, 0.4) is 0 Å². The number of rotatable bonds is 4. The van der Waals surface area contributed by atoms with E-state index in [-0.39, 0.29) is 29.1 Å². The van der Waals surface area contributed by atoms with Crippen LogP contribution in [-0.2, 0) is 9.53 Å². The van der Waals surface area contributed by atoms with E-state index >= 15 is 0 Å². The molecule has 4 aliphatic rings. The maximum atomic E-state index is 12.9. The lowest BCUT2D eigenvalue weighted by Crippen LogP contribution is -2.51. The molecule has 4 fully saturated rings. The number of ether oxygens (including phenoxy) is 1. The first-order chi connectivity index (χ1) is 11.9. The van der Waals surface area contributed by atoms with Crippen molar-refractivity contribution in [2.75, 3.05) is 6.61 Å². The SMILES string of the molecule is O=C(OCC(=O)C12CC3CC(CC(C3)C1)C2)c1cc(Br)cc(Br)c1O. The van der Waals surface area contributed by atoms with Gasteiger partial charge in [0.1, 0.15) is 11.3 Å². The maximum absolute atomic E-state index is 12.9. The molecule has 0 saturated heterocycles. The summed E-state index contributed by atoms with van der Waals surface area (Å²) in [6.07, 6.45) is 6.69. The Labute approximate surface area is 163 Å². The molecule has 4 bridgehead atoms. The van der Waals surface area contributed by atoms with Gasteiger partial charge in [-0.15, -0.1) is 0 Å². The van der Waals surface area contributed by atoms with Crippen LogP contribution in [0.4, 0.5) is 0 Å². The zero-order chi connectivity index (χ0) is 17.8. The first-order valence-corrected chi connectivity index (χ1v) is 10.3. The first-order valence-electron chi connectivity index (χ1n) is 8.75. The minimum atomic E-state index is -0.669. The molecule has 1 aromatic carbocycles. The van der Waals surface area contributed by atoms with E-state index in [9.17, 15) is 14.7 Å². The number of Topliss-reactive ketones (excluding diaryl/α,β-unsaturated/α-hetero) is 1. The number of carbonyl (C=O) groups excluding carboxylic acids is 2. The molecule has 0 aromatic heterocycles. The zero-order valence-electron chi connectivity index (χ0n) is 13.8. The fourth-order valence-electron chi connectivity index (χ4n) is 5.54. The number of ketones is 1. The maximum Gasteiger partial charge on any atom is 0.342 e. The smallest absolute Gasteiger partial charge is 0.342 e. The van der Waals surface area contributed by atoms with Gasteiger partial charge < -0.3 is 9.84 Å². The summed E-state index contributed by atoms with van der Waals surface area (Å²) in [5.41, 5.74) is -0.214. The largest absolute Gasteiger partial charge is 0.506 e. The fraction of sp³-hybridized carbons (Fsp3) is 0.579. The van der Waals surface area contributed by atoms with Gasteiger partial charge in [-0.25, -0.2) is 4.79 Å². The van der Waals surface area contributed by atoms with E-state index in [0.717, 1.165) is 19.3 Å². The van der Waals surface area contributed by atoms with E-state index in [2.05, 4.69) is 31.9 Å². The quantitative estimate of drug-likeness (QED) is 0.637. The van der Waals surface area contributed by atoms with E-state index in [4.69, 9.17) is 4.74 Å². The molecule has 4 saturated carbocycles. The summed E-state index contributed by atoms with van der Waals surface area (Å²) in [6.45, 7) is -0.200. The number of esters is 1. The van der Waals surface area contributed by atoms with Crippen molar-refractivity contribution in [2.24, 2.45) is 23.2 Å². The monoisotopic (exact) mass is 470 g/mol. The molecule has 0 amide bonds. The molecule has 4 aliphatic carbocycles. The number of phenols is 1. The number of carbonyl (C=O) groups is 2. The molecule has 1 N–H and O–H groups in total. The van der Waals surface area contributed by atoms with Gasteiger partial charge in [-0.3, -0.25) is 4.79 Å². The molecular weight excluding hydrogens is 452 g/mol. The predicted octanol–water partition coefficient (Wildman–Crippen LogP) is 4.86. The molecule has 0 heterocycles. The molecule has 134 valence electrons. The van der Waals surface area contributed by atoms with E-state index in [1.165, 1.54) is 25.3 Å². The van der Waals surface area contributed by atoms with Crippen LogP contribution in [0.5, 0.6) is 5.75 Å². The third kappa shape index (κ3) is 3.16. The van der Waals surface area contributed by atoms with E-state index in [0.29, 0.717) is 26.7 Å². The van der Waals surface area contributed by atoms with Gasteiger partial charge >= 0.3 is 5.97 Å². The molecule has 0 radical (unpaired) electrons. The molecule has 4 nitrogen and oxygen atoms in total. The Morgan fingerprint density at radius 1 is 1.08 bits per heavy atom. The molecule has 0 aliphatic heterocycles. The van der Waals surface area contributed by atoms with Crippen molar-refractivity contribution in [1.29, 1.82) is 0 Å². The Bertz CT molecular complexity index is 708. The van der Waals surface area contributed by atoms with Crippen LogP contribution in [0.2, 0.25) is 0 Å². The van der Waals surface area contributed by atoms with E-state index < -0.39 is 5.97 Å². The van der Waals surface area contributed by atoms with Crippen LogP contribution < -0.4 is 0 Å². The normalized spacial score (nSPS) is 32.6. The third-order valence-corrected chi connectivity index (χ3v) is 7.27. The summed E-state index contributed by atoms with van der Waals surface area (Å²) in [6, 6.07) is 3.14. The average Bonchev–Trinajstić information content (AvgIpc) is 2.54. The summed E-state index contributed by atoms with van der Waals surface area (Å²) in [5.74, 6) is 1.25. The number of hydrogen-bond acceptors (Lipinski definition) is 4. The summed E-state index contributed by atoms with van der Waals surface area (Å²) < 4.78 is 6.33. The highest BCUT2D eigenvalue weighted by molar-refractivity contribution is 9.11. The Hall–Kier alpha value is -0.880. The number of aromatic hydroxyl groups is 1. The van der Waals surface area contributed by atoms with Gasteiger partial charge in [0.15, 0.2) is 12.4 Å². The van der Waals surface area contributed by atoms with Gasteiger partial charge in [-0.2, -0.15) is 0 Å². The summed E-state index contributed by atoms with van der Waals surface area (Å²) in [4.78, 5) is 25.2. The minimum absolute atomic E-state index is 0.0552. The van der Waals surface area contributed by atoms with Crippen LogP contribution in [0.15, 0.2) is 21.1 Å². The summed E-state index contributed by atoms with van der Waals surface area (Å²) >= 11 is 6.49. The summed E-state index contributed by atoms with van der Waals surface area (Å²) in [5, 5.41) is 10.0. The molecule has 0 atom stereocenters. The molecule has 6 heteroatoms. The second-order valence-electron chi connectivity index (χ2n) is 7.98. The van der Waals surface area contributed by atoms with Crippen LogP contribution in [-0.4, -0.2) is 23.5 Å². The second-order valence-corrected chi connectivity index (χ2v) is 9.75. The van der Waals surface area contributed by atoms with Crippen molar-refractivity contribution in [1.82, 2.24) is 0 Å². The number of hydrogen-bond donors (Lipinski definition) is 1. The Kier molecular flexibility index (Phi) is 4.47. The highest BCUT2D eigenvalue weighted by atomic mass is 79.9. The van der Waals surface area contributed by atoms with Crippen LogP contribution in [0.1, 0.15) is 48.9 Å². The topological polar surface area (TPSA) is 63.6 Å². The molecule has 1 aromatic rings. The molecular formula is C19H20Br2O4. The third-order valence-electron chi connectivity index (χ3n) is 6.21. The standard InChI is InChI=1S/C19H20Br2O4/c20-13-4-14(17(23)15(21)5-13)18(24)25-9-16(22)19-6-10-1-11(7-19)3-12(2-10)8-19/h4-5,10-12,23H,1-3,6-9H2. The van der Waals surface area contributed by atoms with Gasteiger partial charge in [0.05, 0.1) is 4.47 Å². The van der Waals surface area contributed by atoms with Gasteiger partial charge in [-0.1, -0.05) is 15.9 Å². The van der Waals surface area contributed by atoms with Gasteiger partial charge in [0, 0.05) is 9.89 Å². The van der Waals surface area contributed by atoms with Crippen molar-refractivity contribution >= 4 is 43.6 Å². The van der Waals surface area contributed by atoms with Gasteiger partial charge in [-0.05, 0) is 84.3 Å². The number of benzene rings is 1. The Balaban J connectivity index is 1.45. The van der Waals surface area contributed by atoms with Crippen molar-refractivity contribution in [3.63, 3.8) is 0 Å². The number of halogens is 2. The molecule has 25 heavy (non-hydrogen) atoms. The van der Waals surface area contributed by atoms with Gasteiger partial charge in [0.25, 0.3) is 0 Å². The van der Waals surface area contributed by atoms with E-state index in [1.807, 2.05) is 0 Å². The highest BCUT2D eigenvalue weighted by Crippen LogP contribution is 2.60. The Morgan fingerprint density at radius 2 is 1.64 bits per heavy atom. The van der Waals surface area contributed by atoms with Crippen LogP contribution in [0.25, 0.3) is 0 Å². The zero-order valence-corrected chi connectivity index (χ0v) is 16.9. The van der Waals surface area contributed by atoms with E-state index in [1.54, 1.807) is 6.07 Å². The first kappa shape index (κ1) is 17.5. The minimum Gasteiger partial charge on any atom is -0.506 e. The van der Waals surface area contributed by atoms with Crippen molar-refractivity contribution in [3.05, 3.63) is 26.6 Å². The Morgan fingerprint density at radius 3 is 2.20 bits per heavy atom. The lowest BCUT2D eigenvalue weighted by atomic mass is 9.48. The average molecular weight is 472 g/mol. The van der Waals surface area contributed by atoms with Crippen LogP contribution in [0, 0.1) is 23.2 Å². The molecule has 0 spiro atoms. The lowest BCUT2D eigenvalue weighted by molar-refractivity contribution is -0.147. The predicted molar refractivity (Wildman–Crippen MR) is 99.4 cm³/mol. The summed E-state index contributed by atoms with van der Waals surface area (Å²) in [7, 11) is 0. The molecule has 5 rings (SSSR count). The highest BCUT2D eigenvalue weighted by Gasteiger charge is 2.54. The lowest BCUT2D eigenvalue weighted by Gasteiger charge is -2.55. The van der Waals surface area contributed by atoms with Crippen molar-refractivity contribution in [3.8, 4) is 5.75 Å².